The minimum atomic E-state index is -0.404. The zero-order chi connectivity index (χ0) is 16.9. The van der Waals surface area contributed by atoms with E-state index in [9.17, 15) is 4.39 Å². The molecule has 9 heteroatoms. The van der Waals surface area contributed by atoms with Crippen LogP contribution in [-0.2, 0) is 6.42 Å². The van der Waals surface area contributed by atoms with Crippen LogP contribution in [0.15, 0.2) is 36.8 Å². The predicted molar refractivity (Wildman–Crippen MR) is 84.3 cm³/mol. The fourth-order valence-electron chi connectivity index (χ4n) is 2.19. The van der Waals surface area contributed by atoms with E-state index in [1.54, 1.807) is 29.1 Å². The molecule has 0 fully saturated rings. The van der Waals surface area contributed by atoms with E-state index in [1.807, 2.05) is 13.0 Å². The van der Waals surface area contributed by atoms with Crippen LogP contribution in [0.25, 0.3) is 11.3 Å². The van der Waals surface area contributed by atoms with E-state index >= 15 is 0 Å². The number of anilines is 1. The Morgan fingerprint density at radius 3 is 3.04 bits per heavy atom. The summed E-state index contributed by atoms with van der Waals surface area (Å²) in [6, 6.07) is 6.64. The summed E-state index contributed by atoms with van der Waals surface area (Å²) >= 11 is 0. The lowest BCUT2D eigenvalue weighted by molar-refractivity contribution is 0.616. The molecule has 0 radical (unpaired) electrons. The Kier molecular flexibility index (Phi) is 4.29. The average molecular weight is 324 g/mol. The van der Waals surface area contributed by atoms with Crippen LogP contribution in [-0.4, -0.2) is 30.2 Å². The predicted octanol–water partition coefficient (Wildman–Crippen LogP) is 2.06. The van der Waals surface area contributed by atoms with Gasteiger partial charge in [-0.3, -0.25) is 0 Å². The van der Waals surface area contributed by atoms with Crippen LogP contribution in [0.4, 0.5) is 10.1 Å². The topological polar surface area (TPSA) is 108 Å². The molecule has 2 aromatic heterocycles. The first-order valence-corrected chi connectivity index (χ1v) is 7.15. The summed E-state index contributed by atoms with van der Waals surface area (Å²) in [5.74, 6) is 0.533. The zero-order valence-electron chi connectivity index (χ0n) is 12.7. The summed E-state index contributed by atoms with van der Waals surface area (Å²) in [4.78, 5) is 4.19. The molecule has 0 aliphatic carbocycles. The van der Waals surface area contributed by atoms with E-state index in [-0.39, 0.29) is 11.4 Å². The Balaban J connectivity index is 1.84. The molecular formula is C15H13FN8. The van der Waals surface area contributed by atoms with Crippen molar-refractivity contribution in [2.75, 3.05) is 5.32 Å². The number of benzene rings is 1. The van der Waals surface area contributed by atoms with Gasteiger partial charge in [0.25, 0.3) is 0 Å². The standard InChI is InChI=1S/C15H13FN8/c1-2-14-18-5-6-24(14)13-4-3-11(7-12(13)16)19-9-10(8-17)15-20-22-23-21-15/h3-7,9,19H,2H2,1H3,(H,20,21,22,23). The normalized spacial score (nSPS) is 11.3. The molecule has 3 aromatic rings. The first-order valence-electron chi connectivity index (χ1n) is 7.15. The average Bonchev–Trinajstić information content (AvgIpc) is 3.27. The van der Waals surface area contributed by atoms with Crippen LogP contribution < -0.4 is 5.32 Å². The summed E-state index contributed by atoms with van der Waals surface area (Å²) in [5.41, 5.74) is 1.08. The van der Waals surface area contributed by atoms with Crippen LogP contribution in [0.2, 0.25) is 0 Å². The highest BCUT2D eigenvalue weighted by atomic mass is 19.1. The molecule has 2 N–H and O–H groups in total. The second-order valence-corrected chi connectivity index (χ2v) is 4.78. The van der Waals surface area contributed by atoms with Crippen LogP contribution >= 0.6 is 0 Å². The highest BCUT2D eigenvalue weighted by molar-refractivity contribution is 5.74. The molecule has 8 nitrogen and oxygen atoms in total. The van der Waals surface area contributed by atoms with E-state index in [2.05, 4.69) is 30.9 Å². The van der Waals surface area contributed by atoms with Crippen molar-refractivity contribution in [3.05, 3.63) is 54.3 Å². The van der Waals surface area contributed by atoms with Gasteiger partial charge in [0.1, 0.15) is 23.3 Å². The van der Waals surface area contributed by atoms with E-state index < -0.39 is 5.82 Å². The summed E-state index contributed by atoms with van der Waals surface area (Å²) in [7, 11) is 0. The molecule has 24 heavy (non-hydrogen) atoms. The lowest BCUT2D eigenvalue weighted by Gasteiger charge is -2.09. The molecule has 1 aromatic carbocycles. The van der Waals surface area contributed by atoms with Gasteiger partial charge in [-0.15, -0.1) is 10.2 Å². The fourth-order valence-corrected chi connectivity index (χ4v) is 2.19. The van der Waals surface area contributed by atoms with Gasteiger partial charge < -0.3 is 9.88 Å². The smallest absolute Gasteiger partial charge is 0.216 e. The molecule has 120 valence electrons. The van der Waals surface area contributed by atoms with Crippen molar-refractivity contribution in [2.24, 2.45) is 0 Å². The second kappa shape index (κ2) is 6.70. The van der Waals surface area contributed by atoms with Crippen molar-refractivity contribution in [2.45, 2.75) is 13.3 Å². The molecule has 0 spiro atoms. The maximum absolute atomic E-state index is 14.4. The fraction of sp³-hybridized carbons (Fsp3) is 0.133. The molecule has 0 amide bonds. The number of nitrogens with zero attached hydrogens (tertiary/aromatic N) is 6. The van der Waals surface area contributed by atoms with Crippen molar-refractivity contribution in [3.63, 3.8) is 0 Å². The summed E-state index contributed by atoms with van der Waals surface area (Å²) < 4.78 is 16.1. The monoisotopic (exact) mass is 324 g/mol. The van der Waals surface area contributed by atoms with Crippen LogP contribution in [0.5, 0.6) is 0 Å². The van der Waals surface area contributed by atoms with Crippen molar-refractivity contribution in [1.82, 2.24) is 30.2 Å². The number of rotatable bonds is 5. The third-order valence-corrected chi connectivity index (χ3v) is 3.33. The Bertz CT molecular complexity index is 904. The number of H-pyrrole nitrogens is 1. The molecule has 3 rings (SSSR count). The molecule has 2 heterocycles. The summed E-state index contributed by atoms with van der Waals surface area (Å²) in [6.07, 6.45) is 5.45. The van der Waals surface area contributed by atoms with Gasteiger partial charge in [-0.1, -0.05) is 6.92 Å². The van der Waals surface area contributed by atoms with Gasteiger partial charge in [-0.25, -0.2) is 9.37 Å². The number of hydrogen-bond donors (Lipinski definition) is 2. The highest BCUT2D eigenvalue weighted by Gasteiger charge is 2.10. The van der Waals surface area contributed by atoms with Gasteiger partial charge in [0.15, 0.2) is 0 Å². The van der Waals surface area contributed by atoms with Gasteiger partial charge in [0.2, 0.25) is 5.82 Å². The molecule has 0 aliphatic heterocycles. The largest absolute Gasteiger partial charge is 0.360 e. The van der Waals surface area contributed by atoms with E-state index in [0.29, 0.717) is 17.8 Å². The first kappa shape index (κ1) is 15.4. The van der Waals surface area contributed by atoms with E-state index in [0.717, 1.165) is 5.82 Å². The number of nitriles is 1. The Morgan fingerprint density at radius 2 is 2.38 bits per heavy atom. The van der Waals surface area contributed by atoms with Crippen molar-refractivity contribution < 1.29 is 4.39 Å². The van der Waals surface area contributed by atoms with Gasteiger partial charge in [0, 0.05) is 30.7 Å². The molecular weight excluding hydrogens is 311 g/mol. The number of halogens is 1. The van der Waals surface area contributed by atoms with Gasteiger partial charge in [0.05, 0.1) is 5.69 Å². The highest BCUT2D eigenvalue weighted by Crippen LogP contribution is 2.20. The number of aromatic nitrogens is 6. The maximum atomic E-state index is 14.4. The minimum absolute atomic E-state index is 0.160. The Labute approximate surface area is 136 Å². The molecule has 0 saturated carbocycles. The van der Waals surface area contributed by atoms with Crippen molar-refractivity contribution in [3.8, 4) is 11.8 Å². The Morgan fingerprint density at radius 1 is 1.50 bits per heavy atom. The van der Waals surface area contributed by atoms with Crippen molar-refractivity contribution in [1.29, 1.82) is 5.26 Å². The molecule has 0 atom stereocenters. The van der Waals surface area contributed by atoms with Crippen LogP contribution in [0.3, 0.4) is 0 Å². The number of allylic oxidation sites excluding steroid dienone is 1. The molecule has 0 saturated heterocycles. The van der Waals surface area contributed by atoms with E-state index in [4.69, 9.17) is 5.26 Å². The minimum Gasteiger partial charge on any atom is -0.360 e. The SMILES string of the molecule is CCc1nccn1-c1ccc(NC=C(C#N)c2nn[nH]n2)cc1F. The number of nitrogens with one attached hydrogen (secondary N) is 2. The van der Waals surface area contributed by atoms with Crippen molar-refractivity contribution >= 4 is 11.3 Å². The summed E-state index contributed by atoms with van der Waals surface area (Å²) in [5, 5.41) is 25.1. The maximum Gasteiger partial charge on any atom is 0.216 e. The molecule has 0 unspecified atom stereocenters. The van der Waals surface area contributed by atoms with Gasteiger partial charge in [-0.2, -0.15) is 10.5 Å². The zero-order valence-corrected chi connectivity index (χ0v) is 12.7. The number of imidazole rings is 1. The van der Waals surface area contributed by atoms with Crippen LogP contribution in [0, 0.1) is 17.1 Å². The third-order valence-electron chi connectivity index (χ3n) is 3.33. The Hall–Kier alpha value is -3.54. The first-order chi connectivity index (χ1) is 11.7. The van der Waals surface area contributed by atoms with Gasteiger partial charge >= 0.3 is 0 Å². The van der Waals surface area contributed by atoms with Crippen LogP contribution in [0.1, 0.15) is 18.6 Å². The lowest BCUT2D eigenvalue weighted by atomic mass is 10.2. The lowest BCUT2D eigenvalue weighted by Crippen LogP contribution is -2.02. The second-order valence-electron chi connectivity index (χ2n) is 4.78. The molecule has 0 aliphatic rings. The number of aromatic amines is 1. The quantitative estimate of drug-likeness (QED) is 0.696. The summed E-state index contributed by atoms with van der Waals surface area (Å²) in [6.45, 7) is 1.96. The third kappa shape index (κ3) is 2.98. The molecule has 0 bridgehead atoms. The number of tetrazole rings is 1. The number of aryl methyl sites for hydroxylation is 1. The van der Waals surface area contributed by atoms with E-state index in [1.165, 1.54) is 12.3 Å². The number of hydrogen-bond acceptors (Lipinski definition) is 6. The van der Waals surface area contributed by atoms with Gasteiger partial charge in [-0.05, 0) is 23.4 Å².